The first kappa shape index (κ1) is 21.2. The Kier molecular flexibility index (Phi) is 6.18. The smallest absolute Gasteiger partial charge is 0.254 e. The van der Waals surface area contributed by atoms with Crippen molar-refractivity contribution in [3.8, 4) is 0 Å². The van der Waals surface area contributed by atoms with Gasteiger partial charge in [0.2, 0.25) is 11.8 Å². The van der Waals surface area contributed by atoms with Crippen LogP contribution in [-0.2, 0) is 9.59 Å². The number of likely N-dealkylation sites (N-methyl/N-ethyl adjacent to an activating group) is 1. The van der Waals surface area contributed by atoms with Gasteiger partial charge in [-0.3, -0.25) is 19.4 Å². The largest absolute Gasteiger partial charge is 0.370 e. The maximum Gasteiger partial charge on any atom is 0.254 e. The van der Waals surface area contributed by atoms with Crippen LogP contribution in [0.5, 0.6) is 0 Å². The van der Waals surface area contributed by atoms with Crippen molar-refractivity contribution in [3.05, 3.63) is 41.6 Å². The Morgan fingerprint density at radius 3 is 2.52 bits per heavy atom. The van der Waals surface area contributed by atoms with Crippen LogP contribution in [0.25, 0.3) is 10.9 Å². The van der Waals surface area contributed by atoms with Gasteiger partial charge in [0.05, 0.1) is 11.1 Å². The van der Waals surface area contributed by atoms with Gasteiger partial charge in [0, 0.05) is 69.1 Å². The molecule has 0 unspecified atom stereocenters. The summed E-state index contributed by atoms with van der Waals surface area (Å²) in [7, 11) is 2.07. The molecule has 2 fully saturated rings. The van der Waals surface area contributed by atoms with Crippen molar-refractivity contribution in [2.24, 2.45) is 5.73 Å². The molecule has 164 valence electrons. The highest BCUT2D eigenvalue weighted by molar-refractivity contribution is 6.06. The lowest BCUT2D eigenvalue weighted by atomic mass is 9.98. The van der Waals surface area contributed by atoms with Gasteiger partial charge in [-0.05, 0) is 25.6 Å². The Balaban J connectivity index is 1.57. The van der Waals surface area contributed by atoms with Crippen LogP contribution in [0.2, 0.25) is 0 Å². The van der Waals surface area contributed by atoms with Crippen LogP contribution in [0.4, 0.5) is 0 Å². The summed E-state index contributed by atoms with van der Waals surface area (Å²) in [5, 5.41) is 0.863. The first-order valence-electron chi connectivity index (χ1n) is 10.9. The molecule has 2 N–H and O–H groups in total. The van der Waals surface area contributed by atoms with E-state index < -0.39 is 5.91 Å². The highest BCUT2D eigenvalue weighted by Gasteiger charge is 2.30. The summed E-state index contributed by atoms with van der Waals surface area (Å²) in [5.74, 6) is -0.412. The third-order valence-corrected chi connectivity index (χ3v) is 6.30. The molecule has 8 nitrogen and oxygen atoms in total. The van der Waals surface area contributed by atoms with Crippen molar-refractivity contribution >= 4 is 28.6 Å². The number of carbonyl (C=O) groups excluding carboxylic acids is 3. The lowest BCUT2D eigenvalue weighted by Crippen LogP contribution is -2.47. The number of amides is 3. The molecular weight excluding hydrogens is 394 g/mol. The number of fused-ring (bicyclic) bond motifs is 1. The number of hydrogen-bond donors (Lipinski definition) is 1. The van der Waals surface area contributed by atoms with Crippen molar-refractivity contribution in [3.63, 3.8) is 0 Å². The quantitative estimate of drug-likeness (QED) is 0.779. The summed E-state index contributed by atoms with van der Waals surface area (Å²) >= 11 is 0. The molecule has 31 heavy (non-hydrogen) atoms. The number of para-hydroxylation sites is 1. The van der Waals surface area contributed by atoms with E-state index in [-0.39, 0.29) is 30.6 Å². The molecule has 1 aromatic heterocycles. The predicted octanol–water partition coefficient (Wildman–Crippen LogP) is 1.20. The number of likely N-dealkylation sites (tertiary alicyclic amines) is 1. The Labute approximate surface area is 182 Å². The molecule has 0 saturated carbocycles. The number of aromatic nitrogens is 1. The molecule has 0 bridgehead atoms. The number of nitrogens with two attached hydrogens (primary N) is 1. The van der Waals surface area contributed by atoms with Gasteiger partial charge in [0.1, 0.15) is 0 Å². The zero-order valence-corrected chi connectivity index (χ0v) is 17.9. The van der Waals surface area contributed by atoms with Crippen LogP contribution in [0.1, 0.15) is 41.2 Å². The number of primary amides is 1. The molecule has 0 radical (unpaired) electrons. The summed E-state index contributed by atoms with van der Waals surface area (Å²) in [6.07, 6.45) is 0.994. The van der Waals surface area contributed by atoms with Crippen LogP contribution in [-0.4, -0.2) is 83.7 Å². The van der Waals surface area contributed by atoms with Crippen LogP contribution >= 0.6 is 0 Å². The molecule has 3 amide bonds. The van der Waals surface area contributed by atoms with Gasteiger partial charge in [-0.25, -0.2) is 0 Å². The molecule has 0 spiro atoms. The zero-order chi connectivity index (χ0) is 22.0. The van der Waals surface area contributed by atoms with Gasteiger partial charge in [-0.1, -0.05) is 18.2 Å². The van der Waals surface area contributed by atoms with E-state index in [4.69, 9.17) is 10.7 Å². The van der Waals surface area contributed by atoms with Gasteiger partial charge < -0.3 is 20.4 Å². The Morgan fingerprint density at radius 1 is 1.03 bits per heavy atom. The maximum atomic E-state index is 13.4. The van der Waals surface area contributed by atoms with E-state index in [2.05, 4.69) is 11.9 Å². The number of benzene rings is 1. The second-order valence-corrected chi connectivity index (χ2v) is 8.50. The molecular formula is C23H29N5O3. The molecule has 2 aromatic rings. The molecule has 8 heteroatoms. The van der Waals surface area contributed by atoms with Crippen molar-refractivity contribution in [2.75, 3.05) is 46.3 Å². The average Bonchev–Trinajstić information content (AvgIpc) is 3.27. The van der Waals surface area contributed by atoms with Gasteiger partial charge in [0.25, 0.3) is 5.91 Å². The van der Waals surface area contributed by atoms with Gasteiger partial charge >= 0.3 is 0 Å². The average molecular weight is 424 g/mol. The Morgan fingerprint density at radius 2 is 1.77 bits per heavy atom. The number of pyridine rings is 1. The normalized spacial score (nSPS) is 19.7. The fourth-order valence-corrected chi connectivity index (χ4v) is 4.38. The molecule has 2 aliphatic heterocycles. The molecule has 0 aliphatic carbocycles. The molecule has 2 aliphatic rings. The number of rotatable bonds is 5. The molecule has 1 atom stereocenters. The van der Waals surface area contributed by atoms with Crippen molar-refractivity contribution < 1.29 is 14.4 Å². The number of carbonyl (C=O) groups is 3. The van der Waals surface area contributed by atoms with E-state index in [1.54, 1.807) is 4.90 Å². The molecule has 1 aromatic carbocycles. The predicted molar refractivity (Wildman–Crippen MR) is 118 cm³/mol. The van der Waals surface area contributed by atoms with E-state index in [9.17, 15) is 14.4 Å². The lowest BCUT2D eigenvalue weighted by molar-refractivity contribution is -0.132. The highest BCUT2D eigenvalue weighted by Crippen LogP contribution is 2.30. The zero-order valence-electron chi connectivity index (χ0n) is 17.9. The van der Waals surface area contributed by atoms with E-state index >= 15 is 0 Å². The Hall–Kier alpha value is -3.00. The standard InChI is InChI=1S/C23H29N5O3/c1-26-10-12-27(13-11-26)23(31)18-14-20(25-19-5-3-2-4-17(18)19)16-8-9-28(15-16)22(30)7-6-21(24)29/h2-5,14,16H,6-13,15H2,1H3,(H2,24,29)/t16-/m1/s1. The monoisotopic (exact) mass is 423 g/mol. The Bertz CT molecular complexity index is 1000. The second kappa shape index (κ2) is 9.01. The maximum absolute atomic E-state index is 13.4. The third-order valence-electron chi connectivity index (χ3n) is 6.30. The fourth-order valence-electron chi connectivity index (χ4n) is 4.38. The number of nitrogens with zero attached hydrogens (tertiary/aromatic N) is 4. The van der Waals surface area contributed by atoms with E-state index in [0.717, 1.165) is 36.1 Å². The number of piperazine rings is 1. The second-order valence-electron chi connectivity index (χ2n) is 8.50. The lowest BCUT2D eigenvalue weighted by Gasteiger charge is -2.32. The molecule has 3 heterocycles. The third kappa shape index (κ3) is 4.69. The van der Waals surface area contributed by atoms with E-state index in [0.29, 0.717) is 31.7 Å². The fraction of sp³-hybridized carbons (Fsp3) is 0.478. The minimum Gasteiger partial charge on any atom is -0.370 e. The summed E-state index contributed by atoms with van der Waals surface area (Å²) < 4.78 is 0. The van der Waals surface area contributed by atoms with Crippen molar-refractivity contribution in [2.45, 2.75) is 25.2 Å². The van der Waals surface area contributed by atoms with Gasteiger partial charge in [-0.15, -0.1) is 0 Å². The van der Waals surface area contributed by atoms with Crippen LogP contribution in [0, 0.1) is 0 Å². The minimum atomic E-state index is -0.465. The SMILES string of the molecule is CN1CCN(C(=O)c2cc([C@@H]3CCN(C(=O)CCC(N)=O)C3)nc3ccccc23)CC1. The first-order valence-corrected chi connectivity index (χ1v) is 10.9. The summed E-state index contributed by atoms with van der Waals surface area (Å²) in [5.41, 5.74) is 7.50. The van der Waals surface area contributed by atoms with Crippen LogP contribution in [0.3, 0.4) is 0 Å². The van der Waals surface area contributed by atoms with Crippen molar-refractivity contribution in [1.29, 1.82) is 0 Å². The van der Waals surface area contributed by atoms with Crippen LogP contribution in [0.15, 0.2) is 30.3 Å². The summed E-state index contributed by atoms with van der Waals surface area (Å²) in [6.45, 7) is 4.34. The molecule has 2 saturated heterocycles. The number of hydrogen-bond acceptors (Lipinski definition) is 5. The first-order chi connectivity index (χ1) is 14.9. The summed E-state index contributed by atoms with van der Waals surface area (Å²) in [6, 6.07) is 9.66. The molecule has 4 rings (SSSR count). The van der Waals surface area contributed by atoms with E-state index in [1.165, 1.54) is 0 Å². The van der Waals surface area contributed by atoms with E-state index in [1.807, 2.05) is 35.2 Å². The van der Waals surface area contributed by atoms with Gasteiger partial charge in [0.15, 0.2) is 0 Å². The van der Waals surface area contributed by atoms with Crippen LogP contribution < -0.4 is 5.73 Å². The highest BCUT2D eigenvalue weighted by atomic mass is 16.2. The van der Waals surface area contributed by atoms with Gasteiger partial charge in [-0.2, -0.15) is 0 Å². The summed E-state index contributed by atoms with van der Waals surface area (Å²) in [4.78, 5) is 47.5. The topological polar surface area (TPSA) is 99.8 Å². The minimum absolute atomic E-state index is 0.0420. The van der Waals surface area contributed by atoms with Crippen molar-refractivity contribution in [1.82, 2.24) is 19.7 Å².